The van der Waals surface area contributed by atoms with E-state index in [0.29, 0.717) is 19.6 Å². The van der Waals surface area contributed by atoms with Crippen LogP contribution in [0.15, 0.2) is 59.4 Å². The van der Waals surface area contributed by atoms with Gasteiger partial charge in [0.05, 0.1) is 16.8 Å². The van der Waals surface area contributed by atoms with Gasteiger partial charge in [0, 0.05) is 32.7 Å². The first-order chi connectivity index (χ1) is 14.9. The molecular formula is C22H26N4O4S. The number of sulfonamides is 1. The summed E-state index contributed by atoms with van der Waals surface area (Å²) >= 11 is 0. The Hall–Kier alpha value is -2.91. The molecule has 0 saturated carbocycles. The van der Waals surface area contributed by atoms with Crippen molar-refractivity contribution in [2.75, 3.05) is 26.2 Å². The largest absolute Gasteiger partial charge is 0.338 e. The highest BCUT2D eigenvalue weighted by molar-refractivity contribution is 7.88. The quantitative estimate of drug-likeness (QED) is 0.579. The van der Waals surface area contributed by atoms with Gasteiger partial charge in [-0.2, -0.15) is 4.31 Å². The number of para-hydroxylation sites is 2. The molecule has 8 nitrogen and oxygen atoms in total. The Kier molecular flexibility index (Phi) is 5.97. The first kappa shape index (κ1) is 21.3. The van der Waals surface area contributed by atoms with Gasteiger partial charge in [-0.25, -0.2) is 13.2 Å². The molecule has 0 radical (unpaired) electrons. The molecule has 2 aromatic carbocycles. The van der Waals surface area contributed by atoms with Gasteiger partial charge in [0.15, 0.2) is 0 Å². The summed E-state index contributed by atoms with van der Waals surface area (Å²) in [4.78, 5) is 27.3. The minimum absolute atomic E-state index is 0.0479. The maximum Gasteiger partial charge on any atom is 0.329 e. The molecule has 1 aliphatic rings. The Morgan fingerprint density at radius 2 is 1.45 bits per heavy atom. The fourth-order valence-corrected chi connectivity index (χ4v) is 5.57. The number of rotatable bonds is 6. The molecule has 0 aliphatic carbocycles. The first-order valence-electron chi connectivity index (χ1n) is 10.4. The molecule has 3 aromatic rings. The van der Waals surface area contributed by atoms with Crippen molar-refractivity contribution in [1.82, 2.24) is 18.3 Å². The molecule has 0 atom stereocenters. The monoisotopic (exact) mass is 442 g/mol. The molecule has 31 heavy (non-hydrogen) atoms. The van der Waals surface area contributed by atoms with Crippen molar-refractivity contribution >= 4 is 27.0 Å². The Balaban J connectivity index is 1.43. The van der Waals surface area contributed by atoms with Crippen molar-refractivity contribution in [2.24, 2.45) is 0 Å². The molecule has 0 unspecified atom stereocenters. The van der Waals surface area contributed by atoms with Gasteiger partial charge in [0.1, 0.15) is 6.54 Å². The smallest absolute Gasteiger partial charge is 0.329 e. The normalized spacial score (nSPS) is 15.5. The number of benzene rings is 2. The predicted molar refractivity (Wildman–Crippen MR) is 119 cm³/mol. The SMILES string of the molecule is CCn1c(=O)n(CC(=O)N2CCN(S(=O)(=O)Cc3ccccc3)CC2)c2ccccc21. The number of amides is 1. The molecule has 0 bridgehead atoms. The lowest BCUT2D eigenvalue weighted by Crippen LogP contribution is -2.51. The van der Waals surface area contributed by atoms with E-state index in [1.165, 1.54) is 8.87 Å². The van der Waals surface area contributed by atoms with Crippen LogP contribution in [0.4, 0.5) is 0 Å². The Bertz CT molecular complexity index is 1240. The summed E-state index contributed by atoms with van der Waals surface area (Å²) in [5.74, 6) is -0.227. The Morgan fingerprint density at radius 1 is 0.871 bits per heavy atom. The third-order valence-electron chi connectivity index (χ3n) is 5.71. The zero-order valence-corrected chi connectivity index (χ0v) is 18.3. The summed E-state index contributed by atoms with van der Waals surface area (Å²) in [7, 11) is -3.44. The summed E-state index contributed by atoms with van der Waals surface area (Å²) in [5.41, 5.74) is 2.07. The standard InChI is InChI=1S/C22H26N4O4S/c1-2-25-19-10-6-7-11-20(19)26(22(25)28)16-21(27)23-12-14-24(15-13-23)31(29,30)17-18-8-4-3-5-9-18/h3-11H,2,12-17H2,1H3. The van der Waals surface area contributed by atoms with E-state index in [2.05, 4.69) is 0 Å². The van der Waals surface area contributed by atoms with E-state index in [4.69, 9.17) is 0 Å². The summed E-state index contributed by atoms with van der Waals surface area (Å²) in [5, 5.41) is 0. The third kappa shape index (κ3) is 4.28. The van der Waals surface area contributed by atoms with Gasteiger partial charge in [0.2, 0.25) is 15.9 Å². The molecule has 1 saturated heterocycles. The molecule has 4 rings (SSSR count). The van der Waals surface area contributed by atoms with Crippen molar-refractivity contribution < 1.29 is 13.2 Å². The van der Waals surface area contributed by atoms with Crippen LogP contribution in [-0.4, -0.2) is 58.8 Å². The second kappa shape index (κ2) is 8.68. The van der Waals surface area contributed by atoms with Crippen LogP contribution in [0, 0.1) is 0 Å². The molecule has 1 aliphatic heterocycles. The molecule has 0 N–H and O–H groups in total. The van der Waals surface area contributed by atoms with Gasteiger partial charge in [-0.05, 0) is 24.6 Å². The Morgan fingerprint density at radius 3 is 2.06 bits per heavy atom. The van der Waals surface area contributed by atoms with Crippen molar-refractivity contribution in [3.8, 4) is 0 Å². The van der Waals surface area contributed by atoms with Crippen molar-refractivity contribution in [3.05, 3.63) is 70.6 Å². The van der Waals surface area contributed by atoms with Crippen LogP contribution < -0.4 is 5.69 Å². The molecule has 164 valence electrons. The minimum Gasteiger partial charge on any atom is -0.338 e. The van der Waals surface area contributed by atoms with E-state index in [1.807, 2.05) is 49.4 Å². The van der Waals surface area contributed by atoms with Gasteiger partial charge in [-0.3, -0.25) is 13.9 Å². The average molecular weight is 443 g/mol. The van der Waals surface area contributed by atoms with Crippen LogP contribution in [0.3, 0.4) is 0 Å². The first-order valence-corrected chi connectivity index (χ1v) is 12.0. The molecule has 1 fully saturated rings. The Labute approximate surface area is 181 Å². The number of carbonyl (C=O) groups excluding carboxylic acids is 1. The summed E-state index contributed by atoms with van der Waals surface area (Å²) in [6.45, 7) is 3.51. The van der Waals surface area contributed by atoms with E-state index < -0.39 is 10.0 Å². The van der Waals surface area contributed by atoms with Gasteiger partial charge >= 0.3 is 5.69 Å². The molecule has 0 spiro atoms. The van der Waals surface area contributed by atoms with Gasteiger partial charge < -0.3 is 4.90 Å². The van der Waals surface area contributed by atoms with E-state index in [9.17, 15) is 18.0 Å². The number of aryl methyl sites for hydroxylation is 1. The second-order valence-electron chi connectivity index (χ2n) is 7.62. The number of imidazole rings is 1. The van der Waals surface area contributed by atoms with Crippen LogP contribution in [-0.2, 0) is 33.7 Å². The van der Waals surface area contributed by atoms with Crippen LogP contribution in [0.1, 0.15) is 12.5 Å². The van der Waals surface area contributed by atoms with E-state index in [-0.39, 0.29) is 37.0 Å². The molecule has 9 heteroatoms. The zero-order chi connectivity index (χ0) is 22.0. The van der Waals surface area contributed by atoms with E-state index in [0.717, 1.165) is 16.6 Å². The third-order valence-corrected chi connectivity index (χ3v) is 7.56. The molecule has 1 amide bonds. The fourth-order valence-electron chi connectivity index (χ4n) is 4.06. The topological polar surface area (TPSA) is 84.6 Å². The van der Waals surface area contributed by atoms with Crippen LogP contribution in [0.2, 0.25) is 0 Å². The number of fused-ring (bicyclic) bond motifs is 1. The molecule has 1 aromatic heterocycles. The van der Waals surface area contributed by atoms with Gasteiger partial charge in [0.25, 0.3) is 0 Å². The minimum atomic E-state index is -3.44. The predicted octanol–water partition coefficient (Wildman–Crippen LogP) is 1.50. The number of aromatic nitrogens is 2. The number of hydrogen-bond acceptors (Lipinski definition) is 4. The van der Waals surface area contributed by atoms with Crippen LogP contribution in [0.25, 0.3) is 11.0 Å². The highest BCUT2D eigenvalue weighted by Gasteiger charge is 2.29. The van der Waals surface area contributed by atoms with E-state index >= 15 is 0 Å². The maximum atomic E-state index is 12.9. The zero-order valence-electron chi connectivity index (χ0n) is 17.5. The number of carbonyl (C=O) groups is 1. The lowest BCUT2D eigenvalue weighted by molar-refractivity contribution is -0.133. The number of nitrogens with zero attached hydrogens (tertiary/aromatic N) is 4. The van der Waals surface area contributed by atoms with Crippen LogP contribution in [0.5, 0.6) is 0 Å². The second-order valence-corrected chi connectivity index (χ2v) is 9.59. The van der Waals surface area contributed by atoms with E-state index in [1.54, 1.807) is 21.6 Å². The summed E-state index contributed by atoms with van der Waals surface area (Å²) in [6, 6.07) is 16.5. The fraction of sp³-hybridized carbons (Fsp3) is 0.364. The number of hydrogen-bond donors (Lipinski definition) is 0. The molecule has 2 heterocycles. The van der Waals surface area contributed by atoms with Crippen molar-refractivity contribution in [3.63, 3.8) is 0 Å². The highest BCUT2D eigenvalue weighted by atomic mass is 32.2. The van der Waals surface area contributed by atoms with Crippen molar-refractivity contribution in [2.45, 2.75) is 25.8 Å². The molecular weight excluding hydrogens is 416 g/mol. The van der Waals surface area contributed by atoms with Crippen molar-refractivity contribution in [1.29, 1.82) is 0 Å². The maximum absolute atomic E-state index is 12.9. The lowest BCUT2D eigenvalue weighted by atomic mass is 10.2. The average Bonchev–Trinajstić information content (AvgIpc) is 3.05. The highest BCUT2D eigenvalue weighted by Crippen LogP contribution is 2.16. The number of piperazine rings is 1. The summed E-state index contributed by atoms with van der Waals surface area (Å²) in [6.07, 6.45) is 0. The lowest BCUT2D eigenvalue weighted by Gasteiger charge is -2.34. The van der Waals surface area contributed by atoms with Gasteiger partial charge in [-0.1, -0.05) is 42.5 Å². The van der Waals surface area contributed by atoms with Gasteiger partial charge in [-0.15, -0.1) is 0 Å². The summed E-state index contributed by atoms with van der Waals surface area (Å²) < 4.78 is 30.0. The van der Waals surface area contributed by atoms with Crippen LogP contribution >= 0.6 is 0 Å².